The molecule has 32 heavy (non-hydrogen) atoms. The molecule has 1 heterocycles. The fourth-order valence-electron chi connectivity index (χ4n) is 2.95. The zero-order valence-electron chi connectivity index (χ0n) is 19.8. The predicted molar refractivity (Wildman–Crippen MR) is 129 cm³/mol. The minimum Gasteiger partial charge on any atom is -0.353 e. The van der Waals surface area contributed by atoms with E-state index >= 15 is 0 Å². The zero-order chi connectivity index (χ0) is 23.8. The molecule has 0 radical (unpaired) electrons. The Balaban J connectivity index is 1.97. The molecule has 0 aliphatic heterocycles. The Kier molecular flexibility index (Phi) is 9.38. The lowest BCUT2D eigenvalue weighted by Crippen LogP contribution is -2.40. The van der Waals surface area contributed by atoms with Gasteiger partial charge in [0.05, 0.1) is 12.1 Å². The van der Waals surface area contributed by atoms with Crippen LogP contribution in [-0.2, 0) is 16.0 Å². The van der Waals surface area contributed by atoms with Crippen molar-refractivity contribution >= 4 is 34.2 Å². The Morgan fingerprint density at radius 2 is 1.69 bits per heavy atom. The van der Waals surface area contributed by atoms with Gasteiger partial charge in [0.2, 0.25) is 11.8 Å². The molecule has 174 valence electrons. The Bertz CT molecular complexity index is 922. The van der Waals surface area contributed by atoms with Gasteiger partial charge in [0.1, 0.15) is 6.54 Å². The van der Waals surface area contributed by atoms with Gasteiger partial charge in [-0.3, -0.25) is 14.4 Å². The van der Waals surface area contributed by atoms with Gasteiger partial charge in [-0.1, -0.05) is 45.4 Å². The highest BCUT2D eigenvalue weighted by Crippen LogP contribution is 2.17. The molecule has 1 atom stereocenters. The Hall–Kier alpha value is -2.74. The summed E-state index contributed by atoms with van der Waals surface area (Å²) in [5.74, 6) is -0.0215. The van der Waals surface area contributed by atoms with E-state index in [-0.39, 0.29) is 42.6 Å². The Morgan fingerprint density at radius 3 is 2.28 bits per heavy atom. The van der Waals surface area contributed by atoms with Crippen LogP contribution in [0, 0.1) is 18.8 Å². The topological polar surface area (TPSA) is 91.4 Å². The van der Waals surface area contributed by atoms with Gasteiger partial charge in [-0.25, -0.2) is 4.98 Å². The summed E-state index contributed by atoms with van der Waals surface area (Å²) in [7, 11) is 0. The number of amides is 3. The number of carbonyl (C=O) groups excluding carboxylic acids is 3. The summed E-state index contributed by atoms with van der Waals surface area (Å²) >= 11 is 1.27. The van der Waals surface area contributed by atoms with E-state index < -0.39 is 0 Å². The summed E-state index contributed by atoms with van der Waals surface area (Å²) in [6, 6.07) is 7.41. The number of rotatable bonds is 10. The van der Waals surface area contributed by atoms with E-state index in [9.17, 15) is 14.4 Å². The van der Waals surface area contributed by atoms with Crippen LogP contribution >= 0.6 is 11.3 Å². The number of thiazole rings is 1. The highest BCUT2D eigenvalue weighted by atomic mass is 32.1. The molecule has 0 spiro atoms. The molecule has 0 aliphatic carbocycles. The fourth-order valence-corrected chi connectivity index (χ4v) is 3.68. The number of anilines is 1. The third-order valence-electron chi connectivity index (χ3n) is 5.03. The van der Waals surface area contributed by atoms with Crippen LogP contribution in [-0.4, -0.2) is 46.7 Å². The number of nitrogens with zero attached hydrogens (tertiary/aromatic N) is 2. The summed E-state index contributed by atoms with van der Waals surface area (Å²) in [5.41, 5.74) is 2.23. The van der Waals surface area contributed by atoms with Crippen LogP contribution in [0.1, 0.15) is 56.2 Å². The van der Waals surface area contributed by atoms with Crippen molar-refractivity contribution < 1.29 is 14.4 Å². The molecular weight excluding hydrogens is 424 g/mol. The maximum atomic E-state index is 12.9. The molecule has 0 bridgehead atoms. The molecule has 1 aromatic carbocycles. The first kappa shape index (κ1) is 25.5. The number of nitrogens with one attached hydrogen (secondary N) is 2. The highest BCUT2D eigenvalue weighted by Gasteiger charge is 2.21. The molecule has 8 heteroatoms. The van der Waals surface area contributed by atoms with E-state index in [0.717, 1.165) is 5.56 Å². The molecule has 0 fully saturated rings. The molecule has 0 saturated carbocycles. The van der Waals surface area contributed by atoms with Crippen LogP contribution in [0.25, 0.3) is 0 Å². The van der Waals surface area contributed by atoms with Gasteiger partial charge < -0.3 is 15.5 Å². The van der Waals surface area contributed by atoms with Crippen molar-refractivity contribution in [1.29, 1.82) is 0 Å². The number of hydrogen-bond donors (Lipinski definition) is 2. The number of aryl methyl sites for hydroxylation is 1. The highest BCUT2D eigenvalue weighted by molar-refractivity contribution is 7.13. The number of carbonyl (C=O) groups is 3. The van der Waals surface area contributed by atoms with Gasteiger partial charge in [-0.2, -0.15) is 0 Å². The van der Waals surface area contributed by atoms with Gasteiger partial charge in [0, 0.05) is 23.5 Å². The van der Waals surface area contributed by atoms with Gasteiger partial charge in [0.25, 0.3) is 5.91 Å². The van der Waals surface area contributed by atoms with Crippen molar-refractivity contribution in [2.75, 3.05) is 18.4 Å². The summed E-state index contributed by atoms with van der Waals surface area (Å²) in [6.45, 7) is 12.4. The first-order chi connectivity index (χ1) is 15.0. The van der Waals surface area contributed by atoms with Crippen molar-refractivity contribution in [2.45, 2.75) is 54.0 Å². The first-order valence-electron chi connectivity index (χ1n) is 10.9. The molecule has 1 unspecified atom stereocenters. The third kappa shape index (κ3) is 8.07. The van der Waals surface area contributed by atoms with Crippen LogP contribution in [0.3, 0.4) is 0 Å². The van der Waals surface area contributed by atoms with E-state index in [1.54, 1.807) is 22.4 Å². The summed E-state index contributed by atoms with van der Waals surface area (Å²) in [6.07, 6.45) is 0.162. The van der Waals surface area contributed by atoms with E-state index in [4.69, 9.17) is 0 Å². The predicted octanol–water partition coefficient (Wildman–Crippen LogP) is 3.89. The fraction of sp³-hybridized carbons (Fsp3) is 0.500. The standard InChI is InChI=1S/C24H34N4O3S/c1-15(2)12-28(23(31)19-9-7-17(5)8-10-19)13-22(30)27-24-26-20(14-32-24)11-21(29)25-18(6)16(3)4/h7-10,14-16,18H,11-13H2,1-6H3,(H,25,29)(H,26,27,30). The number of hydrogen-bond acceptors (Lipinski definition) is 5. The molecule has 0 aliphatic rings. The smallest absolute Gasteiger partial charge is 0.254 e. The van der Waals surface area contributed by atoms with Gasteiger partial charge in [-0.15, -0.1) is 11.3 Å². The Morgan fingerprint density at radius 1 is 1.03 bits per heavy atom. The summed E-state index contributed by atoms with van der Waals surface area (Å²) < 4.78 is 0. The molecule has 2 aromatic rings. The largest absolute Gasteiger partial charge is 0.353 e. The molecule has 2 N–H and O–H groups in total. The second-order valence-corrected chi connectivity index (χ2v) is 9.77. The first-order valence-corrected chi connectivity index (χ1v) is 11.8. The lowest BCUT2D eigenvalue weighted by molar-refractivity contribution is -0.121. The SMILES string of the molecule is Cc1ccc(C(=O)N(CC(=O)Nc2nc(CC(=O)NC(C)C(C)C)cs2)CC(C)C)cc1. The average Bonchev–Trinajstić information content (AvgIpc) is 3.13. The zero-order valence-corrected chi connectivity index (χ0v) is 20.6. The molecule has 1 aromatic heterocycles. The minimum atomic E-state index is -0.315. The van der Waals surface area contributed by atoms with E-state index in [2.05, 4.69) is 15.6 Å². The monoisotopic (exact) mass is 458 g/mol. The van der Waals surface area contributed by atoms with Crippen LogP contribution in [0.4, 0.5) is 5.13 Å². The van der Waals surface area contributed by atoms with Crippen molar-refractivity contribution in [1.82, 2.24) is 15.2 Å². The summed E-state index contributed by atoms with van der Waals surface area (Å²) in [5, 5.41) is 7.89. The average molecular weight is 459 g/mol. The molecule has 3 amide bonds. The van der Waals surface area contributed by atoms with Gasteiger partial charge >= 0.3 is 0 Å². The minimum absolute atomic E-state index is 0.0633. The molecule has 2 rings (SSSR count). The lowest BCUT2D eigenvalue weighted by Gasteiger charge is -2.24. The number of aromatic nitrogens is 1. The van der Waals surface area contributed by atoms with Crippen LogP contribution < -0.4 is 10.6 Å². The van der Waals surface area contributed by atoms with E-state index in [1.165, 1.54) is 11.3 Å². The maximum absolute atomic E-state index is 12.9. The number of benzene rings is 1. The van der Waals surface area contributed by atoms with Gasteiger partial charge in [0.15, 0.2) is 5.13 Å². The maximum Gasteiger partial charge on any atom is 0.254 e. The van der Waals surface area contributed by atoms with Crippen molar-refractivity contribution in [3.05, 3.63) is 46.5 Å². The molecule has 7 nitrogen and oxygen atoms in total. The Labute approximate surface area is 194 Å². The van der Waals surface area contributed by atoms with E-state index in [0.29, 0.717) is 28.9 Å². The van der Waals surface area contributed by atoms with Gasteiger partial charge in [-0.05, 0) is 37.8 Å². The second-order valence-electron chi connectivity index (χ2n) is 8.91. The van der Waals surface area contributed by atoms with Crippen molar-refractivity contribution in [3.8, 4) is 0 Å². The quantitative estimate of drug-likeness (QED) is 0.565. The molecular formula is C24H34N4O3S. The third-order valence-corrected chi connectivity index (χ3v) is 5.84. The van der Waals surface area contributed by atoms with Crippen LogP contribution in [0.5, 0.6) is 0 Å². The van der Waals surface area contributed by atoms with Crippen molar-refractivity contribution in [2.24, 2.45) is 11.8 Å². The summed E-state index contributed by atoms with van der Waals surface area (Å²) in [4.78, 5) is 43.6. The van der Waals surface area contributed by atoms with Crippen LogP contribution in [0.15, 0.2) is 29.6 Å². The van der Waals surface area contributed by atoms with Crippen molar-refractivity contribution in [3.63, 3.8) is 0 Å². The second kappa shape index (κ2) is 11.8. The van der Waals surface area contributed by atoms with Crippen LogP contribution in [0.2, 0.25) is 0 Å². The normalized spacial score (nSPS) is 12.0. The van der Waals surface area contributed by atoms with E-state index in [1.807, 2.05) is 53.7 Å². The molecule has 0 saturated heterocycles. The lowest BCUT2D eigenvalue weighted by atomic mass is 10.1.